The van der Waals surface area contributed by atoms with Crippen molar-refractivity contribution in [3.63, 3.8) is 0 Å². The Hall–Kier alpha value is -0.390. The molecule has 2 aromatic rings. The average Bonchev–Trinajstić information content (AvgIpc) is 2.91. The Kier molecular flexibility index (Phi) is 4.37. The van der Waals surface area contributed by atoms with E-state index in [2.05, 4.69) is 16.9 Å². The van der Waals surface area contributed by atoms with Gasteiger partial charge in [0.2, 0.25) is 0 Å². The third kappa shape index (κ3) is 2.84. The molecule has 0 spiro atoms. The van der Waals surface area contributed by atoms with E-state index >= 15 is 0 Å². The van der Waals surface area contributed by atoms with Crippen LogP contribution in [0.1, 0.15) is 22.7 Å². The minimum atomic E-state index is 0.0810. The molecule has 0 fully saturated rings. The topological polar surface area (TPSA) is 21.3 Å². The van der Waals surface area contributed by atoms with Gasteiger partial charge in [-0.15, -0.1) is 22.7 Å². The summed E-state index contributed by atoms with van der Waals surface area (Å²) in [5.41, 5.74) is 3.06. The van der Waals surface area contributed by atoms with Gasteiger partial charge in [0.1, 0.15) is 6.04 Å². The molecule has 0 aliphatic rings. The predicted octanol–water partition coefficient (Wildman–Crippen LogP) is 4.09. The van der Waals surface area contributed by atoms with Crippen LogP contribution in [0.25, 0.3) is 0 Å². The Morgan fingerprint density at radius 1 is 1.38 bits per heavy atom. The molecule has 1 N–H and O–H groups in total. The van der Waals surface area contributed by atoms with Crippen LogP contribution in [-0.4, -0.2) is 6.61 Å². The van der Waals surface area contributed by atoms with E-state index < -0.39 is 0 Å². The van der Waals surface area contributed by atoms with Crippen molar-refractivity contribution in [2.24, 2.45) is 0 Å². The highest BCUT2D eigenvalue weighted by atomic mass is 35.5. The number of nitrogens with one attached hydrogen (secondary N) is 1. The molecule has 2 rings (SSSR count). The summed E-state index contributed by atoms with van der Waals surface area (Å²) in [6, 6.07) is 8.15. The molecular weight excluding hydrogens is 262 g/mol. The quantitative estimate of drug-likeness (QED) is 0.829. The molecule has 1 unspecified atom stereocenters. The van der Waals surface area contributed by atoms with Crippen LogP contribution in [0.4, 0.5) is 0 Å². The van der Waals surface area contributed by atoms with Crippen molar-refractivity contribution < 1.29 is 4.84 Å². The van der Waals surface area contributed by atoms with Crippen LogP contribution < -0.4 is 5.48 Å². The van der Waals surface area contributed by atoms with Crippen LogP contribution in [-0.2, 0) is 4.84 Å². The van der Waals surface area contributed by atoms with Crippen molar-refractivity contribution >= 4 is 34.3 Å². The number of thiophene rings is 2. The molecule has 0 amide bonds. The van der Waals surface area contributed by atoms with Gasteiger partial charge in [0.05, 0.1) is 10.9 Å². The van der Waals surface area contributed by atoms with Crippen LogP contribution in [0, 0.1) is 0 Å². The van der Waals surface area contributed by atoms with E-state index in [1.807, 2.05) is 25.1 Å². The van der Waals surface area contributed by atoms with E-state index in [9.17, 15) is 0 Å². The van der Waals surface area contributed by atoms with E-state index in [4.69, 9.17) is 16.4 Å². The first kappa shape index (κ1) is 12.1. The second kappa shape index (κ2) is 5.80. The Morgan fingerprint density at radius 2 is 2.25 bits per heavy atom. The summed E-state index contributed by atoms with van der Waals surface area (Å²) in [7, 11) is 0. The lowest BCUT2D eigenvalue weighted by atomic mass is 10.2. The lowest BCUT2D eigenvalue weighted by molar-refractivity contribution is 0.0349. The molecule has 0 saturated carbocycles. The van der Waals surface area contributed by atoms with Gasteiger partial charge in [0, 0.05) is 9.75 Å². The summed E-state index contributed by atoms with van der Waals surface area (Å²) in [6.07, 6.45) is 0. The highest BCUT2D eigenvalue weighted by Gasteiger charge is 2.16. The van der Waals surface area contributed by atoms with E-state index in [-0.39, 0.29) is 6.04 Å². The van der Waals surface area contributed by atoms with Crippen molar-refractivity contribution in [3.8, 4) is 0 Å². The summed E-state index contributed by atoms with van der Waals surface area (Å²) in [6.45, 7) is 2.60. The van der Waals surface area contributed by atoms with Crippen LogP contribution in [0.3, 0.4) is 0 Å². The molecule has 5 heteroatoms. The first-order chi connectivity index (χ1) is 7.81. The van der Waals surface area contributed by atoms with Crippen LogP contribution >= 0.6 is 34.3 Å². The van der Waals surface area contributed by atoms with Gasteiger partial charge in [-0.1, -0.05) is 17.7 Å². The summed E-state index contributed by atoms with van der Waals surface area (Å²) in [5, 5.41) is 2.06. The number of hydroxylamine groups is 1. The Labute approximate surface area is 108 Å². The fraction of sp³-hybridized carbons (Fsp3) is 0.273. The minimum absolute atomic E-state index is 0.0810. The van der Waals surface area contributed by atoms with Crippen molar-refractivity contribution in [2.75, 3.05) is 6.61 Å². The zero-order chi connectivity index (χ0) is 11.4. The Bertz CT molecular complexity index is 427. The summed E-state index contributed by atoms with van der Waals surface area (Å²) in [4.78, 5) is 7.70. The van der Waals surface area contributed by atoms with Gasteiger partial charge in [-0.25, -0.2) is 0 Å². The third-order valence-corrected chi connectivity index (χ3v) is 4.28. The maximum absolute atomic E-state index is 5.95. The first-order valence-corrected chi connectivity index (χ1v) is 7.04. The standard InChI is InChI=1S/C11H12ClNOS2/c1-2-14-13-11(8-4-3-7-15-8)9-5-6-10(12)16-9/h3-7,11,13H,2H2,1H3. The van der Waals surface area contributed by atoms with Gasteiger partial charge >= 0.3 is 0 Å². The average molecular weight is 274 g/mol. The molecule has 2 nitrogen and oxygen atoms in total. The number of hydrogen-bond donors (Lipinski definition) is 1. The van der Waals surface area contributed by atoms with Crippen LogP contribution in [0.5, 0.6) is 0 Å². The lowest BCUT2D eigenvalue weighted by Gasteiger charge is -2.14. The summed E-state index contributed by atoms with van der Waals surface area (Å²) in [5.74, 6) is 0. The Balaban J connectivity index is 2.21. The van der Waals surface area contributed by atoms with Crippen molar-refractivity contribution in [2.45, 2.75) is 13.0 Å². The molecule has 0 aromatic carbocycles. The fourth-order valence-electron chi connectivity index (χ4n) is 1.36. The normalized spacial score (nSPS) is 12.9. The SMILES string of the molecule is CCONC(c1cccs1)c1ccc(Cl)s1. The lowest BCUT2D eigenvalue weighted by Crippen LogP contribution is -2.21. The van der Waals surface area contributed by atoms with Gasteiger partial charge in [-0.05, 0) is 30.5 Å². The maximum atomic E-state index is 5.95. The summed E-state index contributed by atoms with van der Waals surface area (Å²) < 4.78 is 0.801. The first-order valence-electron chi connectivity index (χ1n) is 4.97. The minimum Gasteiger partial charge on any atom is -0.301 e. The monoisotopic (exact) mass is 273 g/mol. The molecule has 2 aromatic heterocycles. The molecule has 1 atom stereocenters. The molecule has 86 valence electrons. The molecule has 2 heterocycles. The molecule has 0 radical (unpaired) electrons. The van der Waals surface area contributed by atoms with Gasteiger partial charge in [0.25, 0.3) is 0 Å². The van der Waals surface area contributed by atoms with Gasteiger partial charge in [0.15, 0.2) is 0 Å². The van der Waals surface area contributed by atoms with Gasteiger partial charge in [-0.3, -0.25) is 0 Å². The highest BCUT2D eigenvalue weighted by Crippen LogP contribution is 2.32. The summed E-state index contributed by atoms with van der Waals surface area (Å²) >= 11 is 9.23. The second-order valence-corrected chi connectivity index (χ2v) is 5.87. The Morgan fingerprint density at radius 3 is 2.81 bits per heavy atom. The number of hydrogen-bond acceptors (Lipinski definition) is 4. The van der Waals surface area contributed by atoms with Gasteiger partial charge in [-0.2, -0.15) is 5.48 Å². The maximum Gasteiger partial charge on any atom is 0.101 e. The molecule has 0 bridgehead atoms. The van der Waals surface area contributed by atoms with E-state index in [0.717, 1.165) is 4.34 Å². The van der Waals surface area contributed by atoms with Crippen LogP contribution in [0.15, 0.2) is 29.6 Å². The molecule has 0 saturated heterocycles. The molecular formula is C11H12ClNOS2. The van der Waals surface area contributed by atoms with E-state index in [1.54, 1.807) is 22.7 Å². The van der Waals surface area contributed by atoms with E-state index in [1.165, 1.54) is 9.75 Å². The number of rotatable bonds is 5. The van der Waals surface area contributed by atoms with Gasteiger partial charge < -0.3 is 4.84 Å². The number of halogens is 1. The fourth-order valence-corrected chi connectivity index (χ4v) is 3.34. The van der Waals surface area contributed by atoms with E-state index in [0.29, 0.717) is 6.61 Å². The van der Waals surface area contributed by atoms with Crippen molar-refractivity contribution in [1.29, 1.82) is 0 Å². The molecule has 16 heavy (non-hydrogen) atoms. The highest BCUT2D eigenvalue weighted by molar-refractivity contribution is 7.16. The third-order valence-electron chi connectivity index (χ3n) is 2.05. The largest absolute Gasteiger partial charge is 0.301 e. The van der Waals surface area contributed by atoms with Crippen LogP contribution in [0.2, 0.25) is 4.34 Å². The second-order valence-electron chi connectivity index (χ2n) is 3.14. The zero-order valence-corrected chi connectivity index (χ0v) is 11.2. The predicted molar refractivity (Wildman–Crippen MR) is 70.3 cm³/mol. The molecule has 0 aliphatic heterocycles. The smallest absolute Gasteiger partial charge is 0.101 e. The van der Waals surface area contributed by atoms with Crippen molar-refractivity contribution in [1.82, 2.24) is 5.48 Å². The zero-order valence-electron chi connectivity index (χ0n) is 8.77. The molecule has 0 aliphatic carbocycles. The van der Waals surface area contributed by atoms with Crippen molar-refractivity contribution in [3.05, 3.63) is 43.7 Å².